The van der Waals surface area contributed by atoms with Crippen LogP contribution in [-0.4, -0.2) is 31.3 Å². The van der Waals surface area contributed by atoms with Crippen LogP contribution in [0.15, 0.2) is 47.6 Å². The van der Waals surface area contributed by atoms with Crippen molar-refractivity contribution in [2.24, 2.45) is 5.73 Å². The van der Waals surface area contributed by atoms with E-state index in [1.807, 2.05) is 0 Å². The summed E-state index contributed by atoms with van der Waals surface area (Å²) < 4.78 is 28.4. The summed E-state index contributed by atoms with van der Waals surface area (Å²) in [6.45, 7) is 1.03. The lowest BCUT2D eigenvalue weighted by atomic mass is 10.2. The maximum absolute atomic E-state index is 12.1. The topological polar surface area (TPSA) is 90.0 Å². The van der Waals surface area contributed by atoms with Gasteiger partial charge in [0.2, 0.25) is 10.0 Å². The highest BCUT2D eigenvalue weighted by Gasteiger charge is 2.12. The van der Waals surface area contributed by atoms with Crippen molar-refractivity contribution in [3.8, 4) is 11.8 Å². The van der Waals surface area contributed by atoms with Crippen LogP contribution in [0.5, 0.6) is 0 Å². The molecule has 0 saturated carbocycles. The third-order valence-electron chi connectivity index (χ3n) is 2.69. The highest BCUT2D eigenvalue weighted by atomic mass is 32.2. The van der Waals surface area contributed by atoms with Crippen LogP contribution in [0.2, 0.25) is 0 Å². The molecule has 0 aliphatic rings. The van der Waals surface area contributed by atoms with Crippen molar-refractivity contribution in [1.29, 1.82) is 0 Å². The van der Waals surface area contributed by atoms with Crippen LogP contribution in [0.1, 0.15) is 5.56 Å². The molecule has 7 heteroatoms. The fraction of sp³-hybridized carbons (Fsp3) is 0.214. The first-order chi connectivity index (χ1) is 10.1. The zero-order chi connectivity index (χ0) is 15.1. The van der Waals surface area contributed by atoms with E-state index in [1.165, 1.54) is 12.1 Å². The molecule has 1 heterocycles. The Balaban J connectivity index is 1.98. The maximum atomic E-state index is 12.1. The van der Waals surface area contributed by atoms with E-state index in [-0.39, 0.29) is 18.0 Å². The minimum absolute atomic E-state index is 0.210. The zero-order valence-corrected chi connectivity index (χ0v) is 12.2. The van der Waals surface area contributed by atoms with E-state index in [0.717, 1.165) is 5.56 Å². The van der Waals surface area contributed by atoms with Crippen molar-refractivity contribution < 1.29 is 8.42 Å². The summed E-state index contributed by atoms with van der Waals surface area (Å²) in [6, 6.07) is 8.15. The lowest BCUT2D eigenvalue weighted by Gasteiger charge is -2.07. The number of rotatable bonds is 5. The van der Waals surface area contributed by atoms with E-state index in [9.17, 15) is 8.42 Å². The standard InChI is InChI=1S/C14H16N4O2S/c15-8-1-3-13-4-6-14(7-5-13)21(19,20)17-10-12-18-11-2-9-16-18/h2,4-7,9,11,17H,8,10,12,15H2. The van der Waals surface area contributed by atoms with E-state index in [2.05, 4.69) is 21.7 Å². The second-order valence-electron chi connectivity index (χ2n) is 4.20. The van der Waals surface area contributed by atoms with Crippen LogP contribution in [0, 0.1) is 11.8 Å². The number of hydrogen-bond acceptors (Lipinski definition) is 4. The number of aromatic nitrogens is 2. The Bertz CT molecular complexity index is 726. The van der Waals surface area contributed by atoms with Crippen molar-refractivity contribution >= 4 is 10.0 Å². The predicted octanol–water partition coefficient (Wildman–Crippen LogP) is 0.172. The van der Waals surface area contributed by atoms with E-state index in [0.29, 0.717) is 6.54 Å². The number of nitrogens with two attached hydrogens (primary N) is 1. The number of sulfonamides is 1. The van der Waals surface area contributed by atoms with Gasteiger partial charge in [-0.2, -0.15) is 5.10 Å². The van der Waals surface area contributed by atoms with Crippen LogP contribution in [0.4, 0.5) is 0 Å². The fourth-order valence-corrected chi connectivity index (χ4v) is 2.70. The van der Waals surface area contributed by atoms with Crippen molar-refractivity contribution in [1.82, 2.24) is 14.5 Å². The smallest absolute Gasteiger partial charge is 0.240 e. The molecule has 0 aliphatic heterocycles. The van der Waals surface area contributed by atoms with Crippen LogP contribution >= 0.6 is 0 Å². The zero-order valence-electron chi connectivity index (χ0n) is 11.4. The number of nitrogens with zero attached hydrogens (tertiary/aromatic N) is 2. The Morgan fingerprint density at radius 3 is 2.67 bits per heavy atom. The number of benzene rings is 1. The van der Waals surface area contributed by atoms with Crippen LogP contribution in [0.3, 0.4) is 0 Å². The monoisotopic (exact) mass is 304 g/mol. The summed E-state index contributed by atoms with van der Waals surface area (Å²) in [7, 11) is -3.51. The molecule has 1 aromatic heterocycles. The van der Waals surface area contributed by atoms with Gasteiger partial charge in [0.25, 0.3) is 0 Å². The van der Waals surface area contributed by atoms with Crippen molar-refractivity contribution in [2.45, 2.75) is 11.4 Å². The Labute approximate surface area is 124 Å². The van der Waals surface area contributed by atoms with Crippen LogP contribution in [-0.2, 0) is 16.6 Å². The first-order valence-electron chi connectivity index (χ1n) is 6.38. The van der Waals surface area contributed by atoms with E-state index in [1.54, 1.807) is 35.3 Å². The van der Waals surface area contributed by atoms with Crippen molar-refractivity contribution in [3.05, 3.63) is 48.3 Å². The molecule has 0 bridgehead atoms. The quantitative estimate of drug-likeness (QED) is 0.771. The van der Waals surface area contributed by atoms with Crippen molar-refractivity contribution in [3.63, 3.8) is 0 Å². The molecular weight excluding hydrogens is 288 g/mol. The molecule has 0 amide bonds. The van der Waals surface area contributed by atoms with E-state index < -0.39 is 10.0 Å². The predicted molar refractivity (Wildman–Crippen MR) is 79.8 cm³/mol. The minimum atomic E-state index is -3.51. The minimum Gasteiger partial charge on any atom is -0.320 e. The molecule has 0 atom stereocenters. The van der Waals surface area contributed by atoms with Gasteiger partial charge in [-0.3, -0.25) is 4.68 Å². The third kappa shape index (κ3) is 4.43. The molecule has 110 valence electrons. The Kier molecular flexibility index (Phi) is 5.11. The molecule has 3 N–H and O–H groups in total. The van der Waals surface area contributed by atoms with Gasteiger partial charge in [-0.25, -0.2) is 13.1 Å². The fourth-order valence-electron chi connectivity index (χ4n) is 1.68. The summed E-state index contributed by atoms with van der Waals surface area (Å²) in [5, 5.41) is 4.01. The average Bonchev–Trinajstić information content (AvgIpc) is 2.98. The number of nitrogens with one attached hydrogen (secondary N) is 1. The van der Waals surface area contributed by atoms with Gasteiger partial charge in [0.1, 0.15) is 0 Å². The summed E-state index contributed by atoms with van der Waals surface area (Å²) in [6.07, 6.45) is 3.43. The summed E-state index contributed by atoms with van der Waals surface area (Å²) in [5.74, 6) is 5.56. The molecule has 2 rings (SSSR count). The lowest BCUT2D eigenvalue weighted by Crippen LogP contribution is -2.27. The van der Waals surface area contributed by atoms with Gasteiger partial charge in [-0.15, -0.1) is 0 Å². The number of hydrogen-bond donors (Lipinski definition) is 2. The van der Waals surface area contributed by atoms with E-state index in [4.69, 9.17) is 5.73 Å². The highest BCUT2D eigenvalue weighted by Crippen LogP contribution is 2.09. The second kappa shape index (κ2) is 7.04. The average molecular weight is 304 g/mol. The van der Waals surface area contributed by atoms with Gasteiger partial charge < -0.3 is 5.73 Å². The molecule has 0 unspecified atom stereocenters. The van der Waals surface area contributed by atoms with Crippen LogP contribution in [0.25, 0.3) is 0 Å². The molecule has 0 fully saturated rings. The molecule has 21 heavy (non-hydrogen) atoms. The molecule has 0 spiro atoms. The molecular formula is C14H16N4O2S. The largest absolute Gasteiger partial charge is 0.320 e. The van der Waals surface area contributed by atoms with Gasteiger partial charge in [0, 0.05) is 24.5 Å². The van der Waals surface area contributed by atoms with Gasteiger partial charge in [-0.05, 0) is 30.3 Å². The third-order valence-corrected chi connectivity index (χ3v) is 4.17. The van der Waals surface area contributed by atoms with Crippen molar-refractivity contribution in [2.75, 3.05) is 13.1 Å². The Hall–Kier alpha value is -2.14. The first-order valence-corrected chi connectivity index (χ1v) is 7.86. The molecule has 6 nitrogen and oxygen atoms in total. The Morgan fingerprint density at radius 2 is 2.05 bits per heavy atom. The summed E-state index contributed by atoms with van der Waals surface area (Å²) in [4.78, 5) is 0.210. The van der Waals surface area contributed by atoms with Gasteiger partial charge >= 0.3 is 0 Å². The molecule has 0 radical (unpaired) electrons. The van der Waals surface area contributed by atoms with Crippen LogP contribution < -0.4 is 10.5 Å². The summed E-state index contributed by atoms with van der Waals surface area (Å²) in [5.41, 5.74) is 6.02. The maximum Gasteiger partial charge on any atom is 0.240 e. The first kappa shape index (κ1) is 15.3. The SMILES string of the molecule is NCC#Cc1ccc(S(=O)(=O)NCCn2cccn2)cc1. The second-order valence-corrected chi connectivity index (χ2v) is 5.96. The summed E-state index contributed by atoms with van der Waals surface area (Å²) >= 11 is 0. The normalized spacial score (nSPS) is 10.9. The molecule has 0 aliphatic carbocycles. The van der Waals surface area contributed by atoms with Gasteiger partial charge in [0.15, 0.2) is 0 Å². The Morgan fingerprint density at radius 1 is 1.29 bits per heavy atom. The lowest BCUT2D eigenvalue weighted by molar-refractivity contribution is 0.561. The van der Waals surface area contributed by atoms with Gasteiger partial charge in [0.05, 0.1) is 18.0 Å². The molecule has 1 aromatic carbocycles. The molecule has 2 aromatic rings. The highest BCUT2D eigenvalue weighted by molar-refractivity contribution is 7.89. The van der Waals surface area contributed by atoms with Gasteiger partial charge in [-0.1, -0.05) is 11.8 Å². The molecule has 0 saturated heterocycles. The van der Waals surface area contributed by atoms with E-state index >= 15 is 0 Å².